The van der Waals surface area contributed by atoms with Crippen LogP contribution in [-0.2, 0) is 11.0 Å². The number of alkyl halides is 3. The van der Waals surface area contributed by atoms with Crippen molar-refractivity contribution in [3.63, 3.8) is 0 Å². The van der Waals surface area contributed by atoms with Gasteiger partial charge < -0.3 is 9.84 Å². The first-order valence-electron chi connectivity index (χ1n) is 7.91. The van der Waals surface area contributed by atoms with Gasteiger partial charge in [0, 0.05) is 5.56 Å². The molecule has 0 amide bonds. The zero-order valence-corrected chi connectivity index (χ0v) is 15.3. The van der Waals surface area contributed by atoms with E-state index in [4.69, 9.17) is 9.84 Å². The first-order chi connectivity index (χ1) is 13.3. The number of hydrogen-bond donors (Lipinski definition) is 1. The second kappa shape index (κ2) is 7.93. The minimum Gasteiger partial charge on any atom is -0.497 e. The highest BCUT2D eigenvalue weighted by Crippen LogP contribution is 2.33. The fourth-order valence-corrected chi connectivity index (χ4v) is 3.14. The molecule has 0 radical (unpaired) electrons. The second-order valence-corrected chi connectivity index (χ2v) is 6.54. The first-order valence-corrected chi connectivity index (χ1v) is 8.90. The van der Waals surface area contributed by atoms with Gasteiger partial charge in [-0.05, 0) is 42.5 Å². The molecular weight excluding hydrogens is 395 g/mol. The summed E-state index contributed by atoms with van der Waals surface area (Å²) in [6.07, 6.45) is -4.52. The molecule has 1 N–H and O–H groups in total. The van der Waals surface area contributed by atoms with Gasteiger partial charge in [0.25, 0.3) is 0 Å². The van der Waals surface area contributed by atoms with Crippen molar-refractivity contribution in [3.05, 3.63) is 54.1 Å². The number of halogens is 3. The standard InChI is InChI=1S/C18H14F3N3O3S/c1-27-14-7-5-11(6-8-14)16-22-23-17(28-10-15(25)26)24(16)13-4-2-3-12(9-13)18(19,20)21/h2-9H,10H2,1H3,(H,25,26). The molecule has 0 aliphatic heterocycles. The molecule has 3 aromatic rings. The molecule has 0 bridgehead atoms. The van der Waals surface area contributed by atoms with Crippen molar-refractivity contribution in [2.24, 2.45) is 0 Å². The van der Waals surface area contributed by atoms with Crippen molar-refractivity contribution < 1.29 is 27.8 Å². The average Bonchev–Trinajstić information content (AvgIpc) is 3.10. The Labute approximate surface area is 162 Å². The van der Waals surface area contributed by atoms with Crippen LogP contribution in [0.25, 0.3) is 17.1 Å². The number of methoxy groups -OCH3 is 1. The molecule has 0 saturated carbocycles. The topological polar surface area (TPSA) is 77.2 Å². The Morgan fingerprint density at radius 2 is 1.89 bits per heavy atom. The zero-order chi connectivity index (χ0) is 20.3. The van der Waals surface area contributed by atoms with Crippen LogP contribution in [-0.4, -0.2) is 38.7 Å². The smallest absolute Gasteiger partial charge is 0.416 e. The largest absolute Gasteiger partial charge is 0.497 e. The summed E-state index contributed by atoms with van der Waals surface area (Å²) >= 11 is 0.870. The maximum absolute atomic E-state index is 13.1. The third kappa shape index (κ3) is 4.28. The summed E-state index contributed by atoms with van der Waals surface area (Å²) in [6.45, 7) is 0. The van der Waals surface area contributed by atoms with Gasteiger partial charge in [-0.2, -0.15) is 13.2 Å². The highest BCUT2D eigenvalue weighted by atomic mass is 32.2. The predicted molar refractivity (Wildman–Crippen MR) is 96.7 cm³/mol. The van der Waals surface area contributed by atoms with E-state index in [0.29, 0.717) is 11.3 Å². The van der Waals surface area contributed by atoms with Crippen LogP contribution in [0.2, 0.25) is 0 Å². The number of hydrogen-bond acceptors (Lipinski definition) is 5. The van der Waals surface area contributed by atoms with Crippen LogP contribution in [0.5, 0.6) is 5.75 Å². The number of carboxylic acid groups (broad SMARTS) is 1. The van der Waals surface area contributed by atoms with Crippen molar-refractivity contribution in [2.75, 3.05) is 12.9 Å². The van der Waals surface area contributed by atoms with E-state index in [9.17, 15) is 18.0 Å². The lowest BCUT2D eigenvalue weighted by atomic mass is 10.1. The van der Waals surface area contributed by atoms with Crippen molar-refractivity contribution in [3.8, 4) is 22.8 Å². The minimum absolute atomic E-state index is 0.174. The number of nitrogens with zero attached hydrogens (tertiary/aromatic N) is 3. The van der Waals surface area contributed by atoms with Gasteiger partial charge in [0.05, 0.1) is 24.1 Å². The third-order valence-corrected chi connectivity index (χ3v) is 4.65. The van der Waals surface area contributed by atoms with Crippen LogP contribution < -0.4 is 4.74 Å². The molecule has 0 spiro atoms. The molecule has 1 heterocycles. The highest BCUT2D eigenvalue weighted by Gasteiger charge is 2.31. The number of aromatic nitrogens is 3. The van der Waals surface area contributed by atoms with E-state index >= 15 is 0 Å². The van der Waals surface area contributed by atoms with Gasteiger partial charge in [-0.15, -0.1) is 10.2 Å². The van der Waals surface area contributed by atoms with E-state index in [1.807, 2.05) is 0 Å². The summed E-state index contributed by atoms with van der Waals surface area (Å²) in [5.41, 5.74) is -0.0556. The predicted octanol–water partition coefficient (Wildman–Crippen LogP) is 4.14. The number of aliphatic carboxylic acids is 1. The van der Waals surface area contributed by atoms with Gasteiger partial charge >= 0.3 is 12.1 Å². The number of ether oxygens (including phenoxy) is 1. The molecule has 0 fully saturated rings. The highest BCUT2D eigenvalue weighted by molar-refractivity contribution is 7.99. The Hall–Kier alpha value is -3.01. The van der Waals surface area contributed by atoms with Gasteiger partial charge in [0.1, 0.15) is 5.75 Å². The third-order valence-electron chi connectivity index (χ3n) is 3.74. The molecular formula is C18H14F3N3O3S. The van der Waals surface area contributed by atoms with E-state index in [2.05, 4.69) is 10.2 Å². The maximum Gasteiger partial charge on any atom is 0.416 e. The summed E-state index contributed by atoms with van der Waals surface area (Å²) in [4.78, 5) is 10.9. The monoisotopic (exact) mass is 409 g/mol. The van der Waals surface area contributed by atoms with Crippen molar-refractivity contribution >= 4 is 17.7 Å². The zero-order valence-electron chi connectivity index (χ0n) is 14.5. The van der Waals surface area contributed by atoms with Gasteiger partial charge in [-0.25, -0.2) is 0 Å². The molecule has 0 aliphatic carbocycles. The molecule has 0 atom stereocenters. The molecule has 146 valence electrons. The Kier molecular flexibility index (Phi) is 5.59. The van der Waals surface area contributed by atoms with E-state index in [0.717, 1.165) is 23.9 Å². The lowest BCUT2D eigenvalue weighted by molar-refractivity contribution is -0.137. The van der Waals surface area contributed by atoms with E-state index in [1.54, 1.807) is 24.3 Å². The van der Waals surface area contributed by atoms with Gasteiger partial charge in [0.15, 0.2) is 11.0 Å². The van der Waals surface area contributed by atoms with Crippen LogP contribution in [0.15, 0.2) is 53.7 Å². The Morgan fingerprint density at radius 3 is 2.50 bits per heavy atom. The van der Waals surface area contributed by atoms with E-state index in [-0.39, 0.29) is 22.4 Å². The summed E-state index contributed by atoms with van der Waals surface area (Å²) < 4.78 is 45.9. The summed E-state index contributed by atoms with van der Waals surface area (Å²) in [6, 6.07) is 11.5. The molecule has 0 saturated heterocycles. The normalized spacial score (nSPS) is 11.4. The fraction of sp³-hybridized carbons (Fsp3) is 0.167. The van der Waals surface area contributed by atoms with Gasteiger partial charge in [0.2, 0.25) is 0 Å². The van der Waals surface area contributed by atoms with Crippen LogP contribution in [0, 0.1) is 0 Å². The fourth-order valence-electron chi connectivity index (χ4n) is 2.47. The molecule has 6 nitrogen and oxygen atoms in total. The van der Waals surface area contributed by atoms with Crippen LogP contribution in [0.1, 0.15) is 5.56 Å². The number of thioether (sulfide) groups is 1. The molecule has 0 aliphatic rings. The van der Waals surface area contributed by atoms with Crippen LogP contribution >= 0.6 is 11.8 Å². The van der Waals surface area contributed by atoms with Crippen molar-refractivity contribution in [2.45, 2.75) is 11.3 Å². The average molecular weight is 409 g/mol. The van der Waals surface area contributed by atoms with Gasteiger partial charge in [-0.1, -0.05) is 17.8 Å². The number of benzene rings is 2. The summed E-state index contributed by atoms with van der Waals surface area (Å²) in [5, 5.41) is 17.1. The van der Waals surface area contributed by atoms with Crippen LogP contribution in [0.4, 0.5) is 13.2 Å². The number of carbonyl (C=O) groups is 1. The lowest BCUT2D eigenvalue weighted by Gasteiger charge is -2.13. The van der Waals surface area contributed by atoms with E-state index < -0.39 is 17.7 Å². The Morgan fingerprint density at radius 1 is 1.18 bits per heavy atom. The Bertz CT molecular complexity index is 988. The summed E-state index contributed by atoms with van der Waals surface area (Å²) in [7, 11) is 1.51. The second-order valence-electron chi connectivity index (χ2n) is 5.60. The van der Waals surface area contributed by atoms with Crippen molar-refractivity contribution in [1.82, 2.24) is 14.8 Å². The molecule has 3 rings (SSSR count). The van der Waals surface area contributed by atoms with Crippen LogP contribution in [0.3, 0.4) is 0 Å². The molecule has 10 heteroatoms. The lowest BCUT2D eigenvalue weighted by Crippen LogP contribution is -2.07. The number of carboxylic acids is 1. The molecule has 28 heavy (non-hydrogen) atoms. The SMILES string of the molecule is COc1ccc(-c2nnc(SCC(=O)O)n2-c2cccc(C(F)(F)F)c2)cc1. The van der Waals surface area contributed by atoms with E-state index in [1.165, 1.54) is 23.8 Å². The molecule has 1 aromatic heterocycles. The summed E-state index contributed by atoms with van der Waals surface area (Å²) in [5.74, 6) is -0.487. The maximum atomic E-state index is 13.1. The minimum atomic E-state index is -4.52. The quantitative estimate of drug-likeness (QED) is 0.617. The Balaban J connectivity index is 2.13. The molecule has 2 aromatic carbocycles. The van der Waals surface area contributed by atoms with Gasteiger partial charge in [-0.3, -0.25) is 9.36 Å². The first kappa shape index (κ1) is 19.7. The number of rotatable bonds is 6. The molecule has 0 unspecified atom stereocenters. The van der Waals surface area contributed by atoms with Crippen molar-refractivity contribution in [1.29, 1.82) is 0 Å².